The maximum atomic E-state index is 13.1. The predicted octanol–water partition coefficient (Wildman–Crippen LogP) is 0.737. The molecule has 3 saturated heterocycles. The second kappa shape index (κ2) is 6.39. The topological polar surface area (TPSA) is 87.2 Å². The van der Waals surface area contributed by atoms with E-state index in [2.05, 4.69) is 0 Å². The van der Waals surface area contributed by atoms with Crippen molar-refractivity contribution in [3.63, 3.8) is 0 Å². The number of carboxylic acid groups (broad SMARTS) is 1. The molecule has 3 aliphatic rings. The Bertz CT molecular complexity index is 731. The highest BCUT2D eigenvalue weighted by Crippen LogP contribution is 2.42. The van der Waals surface area contributed by atoms with Crippen LogP contribution in [0.4, 0.5) is 0 Å². The Hall–Kier alpha value is -2.41. The number of hydrogen-bond donors (Lipinski definition) is 1. The lowest BCUT2D eigenvalue weighted by atomic mass is 9.82. The lowest BCUT2D eigenvalue weighted by Gasteiger charge is -2.47. The van der Waals surface area contributed by atoms with E-state index in [-0.39, 0.29) is 31.4 Å². The summed E-state index contributed by atoms with van der Waals surface area (Å²) in [5, 5.41) is 9.47. The molecule has 0 bridgehead atoms. The molecule has 2 unspecified atom stereocenters. The second-order valence-electron chi connectivity index (χ2n) is 7.43. The number of amides is 2. The quantitative estimate of drug-likeness (QED) is 0.858. The van der Waals surface area contributed by atoms with Gasteiger partial charge < -0.3 is 19.6 Å². The van der Waals surface area contributed by atoms with Crippen LogP contribution in [-0.2, 0) is 25.7 Å². The highest BCUT2D eigenvalue weighted by molar-refractivity contribution is 5.90. The summed E-state index contributed by atoms with van der Waals surface area (Å²) in [7, 11) is 0. The van der Waals surface area contributed by atoms with Gasteiger partial charge in [0.05, 0.1) is 25.0 Å². The monoisotopic (exact) mass is 358 g/mol. The first-order chi connectivity index (χ1) is 12.5. The molecule has 7 heteroatoms. The van der Waals surface area contributed by atoms with Crippen LogP contribution in [0.1, 0.15) is 18.4 Å². The number of rotatable bonds is 4. The first kappa shape index (κ1) is 17.0. The van der Waals surface area contributed by atoms with E-state index < -0.39 is 23.3 Å². The molecular weight excluding hydrogens is 336 g/mol. The molecule has 0 aromatic heterocycles. The maximum absolute atomic E-state index is 13.1. The van der Waals surface area contributed by atoms with Crippen molar-refractivity contribution in [3.8, 4) is 0 Å². The number of ether oxygens (including phenoxy) is 1. The fourth-order valence-corrected chi connectivity index (χ4v) is 4.40. The zero-order chi connectivity index (χ0) is 18.3. The molecule has 2 atom stereocenters. The molecule has 7 nitrogen and oxygen atoms in total. The van der Waals surface area contributed by atoms with Gasteiger partial charge in [0.25, 0.3) is 0 Å². The molecule has 1 N–H and O–H groups in total. The van der Waals surface area contributed by atoms with Crippen molar-refractivity contribution in [1.82, 2.24) is 9.80 Å². The average molecular weight is 358 g/mol. The maximum Gasteiger partial charge on any atom is 0.309 e. The third-order valence-corrected chi connectivity index (χ3v) is 5.88. The van der Waals surface area contributed by atoms with Crippen LogP contribution in [0.25, 0.3) is 0 Å². The Morgan fingerprint density at radius 3 is 2.58 bits per heavy atom. The number of hydrogen-bond acceptors (Lipinski definition) is 4. The van der Waals surface area contributed by atoms with Crippen molar-refractivity contribution in [2.24, 2.45) is 11.8 Å². The first-order valence-electron chi connectivity index (χ1n) is 8.95. The number of nitrogens with zero attached hydrogens (tertiary/aromatic N) is 2. The van der Waals surface area contributed by atoms with E-state index in [1.807, 2.05) is 30.3 Å². The Morgan fingerprint density at radius 1 is 1.23 bits per heavy atom. The van der Waals surface area contributed by atoms with E-state index in [9.17, 15) is 19.5 Å². The summed E-state index contributed by atoms with van der Waals surface area (Å²) in [5.41, 5.74) is 0.309. The van der Waals surface area contributed by atoms with Crippen LogP contribution >= 0.6 is 0 Å². The summed E-state index contributed by atoms with van der Waals surface area (Å²) in [4.78, 5) is 40.4. The lowest BCUT2D eigenvalue weighted by Crippen LogP contribution is -2.65. The summed E-state index contributed by atoms with van der Waals surface area (Å²) in [6.07, 6.45) is 0.635. The highest BCUT2D eigenvalue weighted by atomic mass is 16.5. The minimum atomic E-state index is -0.878. The standard InChI is InChI=1S/C19H22N2O5/c22-16-8-14(10-20(16)9-13-4-2-1-3-5-13)17(23)21-7-6-15(18(24)25)19(21)11-26-12-19/h1-5,14-15H,6-12H2,(H,24,25). The van der Waals surface area contributed by atoms with Crippen molar-refractivity contribution in [1.29, 1.82) is 0 Å². The normalized spacial score (nSPS) is 27.0. The van der Waals surface area contributed by atoms with Gasteiger partial charge in [0.2, 0.25) is 11.8 Å². The molecule has 3 aliphatic heterocycles. The smallest absolute Gasteiger partial charge is 0.309 e. The van der Waals surface area contributed by atoms with Gasteiger partial charge in [0.15, 0.2) is 0 Å². The van der Waals surface area contributed by atoms with Gasteiger partial charge in [0, 0.05) is 26.1 Å². The lowest BCUT2D eigenvalue weighted by molar-refractivity contribution is -0.179. The Morgan fingerprint density at radius 2 is 1.96 bits per heavy atom. The molecule has 26 heavy (non-hydrogen) atoms. The van der Waals surface area contributed by atoms with Crippen LogP contribution in [0.2, 0.25) is 0 Å². The van der Waals surface area contributed by atoms with Crippen LogP contribution < -0.4 is 0 Å². The number of benzene rings is 1. The molecule has 1 aromatic rings. The largest absolute Gasteiger partial charge is 0.481 e. The van der Waals surface area contributed by atoms with Crippen molar-refractivity contribution in [2.45, 2.75) is 24.9 Å². The fraction of sp³-hybridized carbons (Fsp3) is 0.526. The first-order valence-corrected chi connectivity index (χ1v) is 8.95. The van der Waals surface area contributed by atoms with Gasteiger partial charge in [-0.1, -0.05) is 30.3 Å². The Kier molecular flexibility index (Phi) is 4.19. The Labute approximate surface area is 151 Å². The van der Waals surface area contributed by atoms with Crippen LogP contribution in [0, 0.1) is 11.8 Å². The molecule has 0 saturated carbocycles. The van der Waals surface area contributed by atoms with E-state index in [0.29, 0.717) is 26.1 Å². The Balaban J connectivity index is 1.46. The molecular formula is C19H22N2O5. The number of carbonyl (C=O) groups excluding carboxylic acids is 2. The number of carboxylic acids is 1. The summed E-state index contributed by atoms with van der Waals surface area (Å²) >= 11 is 0. The summed E-state index contributed by atoms with van der Waals surface area (Å²) in [5.74, 6) is -2.01. The van der Waals surface area contributed by atoms with Crippen LogP contribution in [0.15, 0.2) is 30.3 Å². The summed E-state index contributed by atoms with van der Waals surface area (Å²) in [6.45, 7) is 1.84. The third kappa shape index (κ3) is 2.67. The van der Waals surface area contributed by atoms with Crippen LogP contribution in [0.5, 0.6) is 0 Å². The van der Waals surface area contributed by atoms with Gasteiger partial charge >= 0.3 is 5.97 Å². The van der Waals surface area contributed by atoms with Gasteiger partial charge in [-0.05, 0) is 12.0 Å². The van der Waals surface area contributed by atoms with Gasteiger partial charge in [-0.15, -0.1) is 0 Å². The van der Waals surface area contributed by atoms with Crippen molar-refractivity contribution in [2.75, 3.05) is 26.3 Å². The third-order valence-electron chi connectivity index (χ3n) is 5.88. The van der Waals surface area contributed by atoms with E-state index in [0.717, 1.165) is 5.56 Å². The van der Waals surface area contributed by atoms with Gasteiger partial charge in [-0.25, -0.2) is 0 Å². The fourth-order valence-electron chi connectivity index (χ4n) is 4.40. The number of aliphatic carboxylic acids is 1. The molecule has 2 amide bonds. The average Bonchev–Trinajstić information content (AvgIpc) is 3.16. The van der Waals surface area contributed by atoms with Gasteiger partial charge in [0.1, 0.15) is 5.54 Å². The zero-order valence-electron chi connectivity index (χ0n) is 14.5. The molecule has 4 rings (SSSR count). The van der Waals surface area contributed by atoms with Crippen LogP contribution in [0.3, 0.4) is 0 Å². The zero-order valence-corrected chi connectivity index (χ0v) is 14.5. The molecule has 1 spiro atoms. The molecule has 138 valence electrons. The second-order valence-corrected chi connectivity index (χ2v) is 7.43. The molecule has 3 fully saturated rings. The van der Waals surface area contributed by atoms with E-state index in [4.69, 9.17) is 4.74 Å². The van der Waals surface area contributed by atoms with E-state index in [1.54, 1.807) is 9.80 Å². The minimum Gasteiger partial charge on any atom is -0.481 e. The van der Waals surface area contributed by atoms with Crippen molar-refractivity contribution in [3.05, 3.63) is 35.9 Å². The van der Waals surface area contributed by atoms with E-state index >= 15 is 0 Å². The summed E-state index contributed by atoms with van der Waals surface area (Å²) < 4.78 is 5.27. The summed E-state index contributed by atoms with van der Waals surface area (Å²) in [6, 6.07) is 9.69. The van der Waals surface area contributed by atoms with E-state index in [1.165, 1.54) is 0 Å². The predicted molar refractivity (Wildman–Crippen MR) is 91.0 cm³/mol. The minimum absolute atomic E-state index is 0.0277. The van der Waals surface area contributed by atoms with Crippen molar-refractivity contribution < 1.29 is 24.2 Å². The highest BCUT2D eigenvalue weighted by Gasteiger charge is 2.59. The SMILES string of the molecule is O=C(O)C1CCN(C(=O)C2CC(=O)N(Cc3ccccc3)C2)C12COC2. The molecule has 3 heterocycles. The van der Waals surface area contributed by atoms with Gasteiger partial charge in [-0.2, -0.15) is 0 Å². The number of carbonyl (C=O) groups is 3. The van der Waals surface area contributed by atoms with Crippen molar-refractivity contribution >= 4 is 17.8 Å². The van der Waals surface area contributed by atoms with Crippen LogP contribution in [-0.4, -0.2) is 64.5 Å². The molecule has 0 aliphatic carbocycles. The molecule has 0 radical (unpaired) electrons. The molecule has 1 aromatic carbocycles. The van der Waals surface area contributed by atoms with Gasteiger partial charge in [-0.3, -0.25) is 14.4 Å². The number of likely N-dealkylation sites (tertiary alicyclic amines) is 2.